The minimum Gasteiger partial charge on any atom is -0.314 e. The fraction of sp³-hybridized carbons (Fsp3) is 0.684. The molecule has 0 aromatic heterocycles. The van der Waals surface area contributed by atoms with Crippen molar-refractivity contribution in [3.05, 3.63) is 35.4 Å². The molecule has 1 N–H and O–H groups in total. The summed E-state index contributed by atoms with van der Waals surface area (Å²) in [6.45, 7) is 10.1. The lowest BCUT2D eigenvalue weighted by Gasteiger charge is -2.24. The largest absolute Gasteiger partial charge is 0.314 e. The number of unbranched alkanes of at least 4 members (excludes halogenated alkanes) is 1. The smallest absolute Gasteiger partial charge is 0.0110 e. The molecule has 0 amide bonds. The van der Waals surface area contributed by atoms with E-state index < -0.39 is 0 Å². The zero-order chi connectivity index (χ0) is 14.8. The van der Waals surface area contributed by atoms with Crippen molar-refractivity contribution in [3.63, 3.8) is 0 Å². The molecule has 2 atom stereocenters. The molecule has 20 heavy (non-hydrogen) atoms. The van der Waals surface area contributed by atoms with Gasteiger partial charge in [-0.3, -0.25) is 0 Å². The number of nitrogens with one attached hydrogen (secondary N) is 1. The minimum absolute atomic E-state index is 0.628. The van der Waals surface area contributed by atoms with Crippen LogP contribution < -0.4 is 5.32 Å². The number of aryl methyl sites for hydroxylation is 1. The maximum atomic E-state index is 3.69. The van der Waals surface area contributed by atoms with Crippen LogP contribution in [-0.4, -0.2) is 12.6 Å². The van der Waals surface area contributed by atoms with E-state index in [1.54, 1.807) is 0 Å². The zero-order valence-electron chi connectivity index (χ0n) is 13.9. The highest BCUT2D eigenvalue weighted by atomic mass is 14.9. The highest BCUT2D eigenvalue weighted by molar-refractivity contribution is 5.23. The van der Waals surface area contributed by atoms with Crippen LogP contribution in [0.2, 0.25) is 0 Å². The van der Waals surface area contributed by atoms with Gasteiger partial charge in [-0.05, 0) is 37.8 Å². The van der Waals surface area contributed by atoms with Gasteiger partial charge in [-0.2, -0.15) is 0 Å². The van der Waals surface area contributed by atoms with Gasteiger partial charge in [0, 0.05) is 6.04 Å². The number of likely N-dealkylation sites (N-methyl/N-ethyl adjacent to an activating group) is 1. The third kappa shape index (κ3) is 6.56. The number of hydrogen-bond donors (Lipinski definition) is 1. The minimum atomic E-state index is 0.628. The van der Waals surface area contributed by atoms with Gasteiger partial charge in [-0.1, -0.05) is 76.3 Å². The van der Waals surface area contributed by atoms with Crippen LogP contribution >= 0.6 is 0 Å². The lowest BCUT2D eigenvalue weighted by molar-refractivity contribution is 0.350. The van der Waals surface area contributed by atoms with E-state index in [4.69, 9.17) is 0 Å². The summed E-state index contributed by atoms with van der Waals surface area (Å²) < 4.78 is 0. The first-order valence-corrected chi connectivity index (χ1v) is 8.48. The number of benzene rings is 1. The van der Waals surface area contributed by atoms with Crippen molar-refractivity contribution in [2.75, 3.05) is 6.54 Å². The fourth-order valence-corrected chi connectivity index (χ4v) is 3.03. The summed E-state index contributed by atoms with van der Waals surface area (Å²) in [7, 11) is 0. The Balaban J connectivity index is 2.58. The van der Waals surface area contributed by atoms with Crippen molar-refractivity contribution in [1.29, 1.82) is 0 Å². The number of hydrogen-bond acceptors (Lipinski definition) is 1. The Hall–Kier alpha value is -0.820. The van der Waals surface area contributed by atoms with Crippen LogP contribution in [0.15, 0.2) is 24.3 Å². The van der Waals surface area contributed by atoms with Gasteiger partial charge >= 0.3 is 0 Å². The van der Waals surface area contributed by atoms with Gasteiger partial charge in [0.25, 0.3) is 0 Å². The normalized spacial score (nSPS) is 14.2. The molecule has 1 rings (SSSR count). The quantitative estimate of drug-likeness (QED) is 0.625. The summed E-state index contributed by atoms with van der Waals surface area (Å²) in [6.07, 6.45) is 7.89. The van der Waals surface area contributed by atoms with E-state index in [9.17, 15) is 0 Å². The van der Waals surface area contributed by atoms with E-state index >= 15 is 0 Å². The van der Waals surface area contributed by atoms with Gasteiger partial charge in [0.05, 0.1) is 0 Å². The van der Waals surface area contributed by atoms with Crippen molar-refractivity contribution in [3.8, 4) is 0 Å². The molecule has 1 nitrogen and oxygen atoms in total. The fourth-order valence-electron chi connectivity index (χ4n) is 3.03. The Morgan fingerprint density at radius 1 is 1.15 bits per heavy atom. The van der Waals surface area contributed by atoms with Crippen LogP contribution in [-0.2, 0) is 6.42 Å². The van der Waals surface area contributed by atoms with Gasteiger partial charge in [0.2, 0.25) is 0 Å². The summed E-state index contributed by atoms with van der Waals surface area (Å²) in [5, 5.41) is 3.69. The maximum absolute atomic E-state index is 3.69. The van der Waals surface area contributed by atoms with Gasteiger partial charge in [0.1, 0.15) is 0 Å². The van der Waals surface area contributed by atoms with Gasteiger partial charge in [-0.25, -0.2) is 0 Å². The predicted octanol–water partition coefficient (Wildman–Crippen LogP) is 5.12. The molecule has 0 heterocycles. The van der Waals surface area contributed by atoms with Crippen LogP contribution in [0.3, 0.4) is 0 Å². The Bertz CT molecular complexity index is 359. The Morgan fingerprint density at radius 3 is 2.55 bits per heavy atom. The molecular weight excluding hydrogens is 242 g/mol. The second-order valence-corrected chi connectivity index (χ2v) is 6.10. The molecule has 0 aliphatic carbocycles. The molecule has 1 heteroatoms. The molecular formula is C19H33N. The Morgan fingerprint density at radius 2 is 1.95 bits per heavy atom. The summed E-state index contributed by atoms with van der Waals surface area (Å²) >= 11 is 0. The lowest BCUT2D eigenvalue weighted by Crippen LogP contribution is -2.33. The first-order chi connectivity index (χ1) is 9.69. The van der Waals surface area contributed by atoms with Gasteiger partial charge in [-0.15, -0.1) is 0 Å². The summed E-state index contributed by atoms with van der Waals surface area (Å²) in [4.78, 5) is 0. The van der Waals surface area contributed by atoms with Crippen molar-refractivity contribution < 1.29 is 0 Å². The summed E-state index contributed by atoms with van der Waals surface area (Å²) in [5.74, 6) is 0.879. The Kier molecular flexibility index (Phi) is 8.60. The topological polar surface area (TPSA) is 12.0 Å². The summed E-state index contributed by atoms with van der Waals surface area (Å²) in [5.41, 5.74) is 2.84. The number of rotatable bonds is 10. The van der Waals surface area contributed by atoms with Crippen molar-refractivity contribution in [2.24, 2.45) is 5.92 Å². The first kappa shape index (κ1) is 17.2. The molecule has 1 aromatic carbocycles. The van der Waals surface area contributed by atoms with Gasteiger partial charge < -0.3 is 5.32 Å². The van der Waals surface area contributed by atoms with Crippen LogP contribution in [0, 0.1) is 12.8 Å². The molecule has 2 unspecified atom stereocenters. The molecule has 0 bridgehead atoms. The zero-order valence-corrected chi connectivity index (χ0v) is 13.9. The molecule has 0 fully saturated rings. The SMILES string of the molecule is CCCCC(CC)CC(Cc1cccc(C)c1)NCC. The molecule has 0 saturated carbocycles. The van der Waals surface area contributed by atoms with E-state index in [2.05, 4.69) is 57.3 Å². The highest BCUT2D eigenvalue weighted by Crippen LogP contribution is 2.20. The van der Waals surface area contributed by atoms with E-state index in [1.165, 1.54) is 43.2 Å². The van der Waals surface area contributed by atoms with Crippen LogP contribution in [0.5, 0.6) is 0 Å². The van der Waals surface area contributed by atoms with E-state index in [0.717, 1.165) is 18.9 Å². The first-order valence-electron chi connectivity index (χ1n) is 8.48. The third-order valence-electron chi connectivity index (χ3n) is 4.22. The van der Waals surface area contributed by atoms with E-state index in [-0.39, 0.29) is 0 Å². The lowest BCUT2D eigenvalue weighted by atomic mass is 9.89. The van der Waals surface area contributed by atoms with Crippen molar-refractivity contribution in [2.45, 2.75) is 72.3 Å². The average Bonchev–Trinajstić information content (AvgIpc) is 2.43. The molecule has 0 aliphatic heterocycles. The Labute approximate surface area is 126 Å². The standard InChI is InChI=1S/C19H33N/c1-5-8-11-17(6-2)14-19(20-7-3)15-18-12-9-10-16(4)13-18/h9-10,12-13,17,19-20H,5-8,11,14-15H2,1-4H3. The molecule has 0 saturated heterocycles. The van der Waals surface area contributed by atoms with Crippen LogP contribution in [0.25, 0.3) is 0 Å². The highest BCUT2D eigenvalue weighted by Gasteiger charge is 2.15. The monoisotopic (exact) mass is 275 g/mol. The summed E-state index contributed by atoms with van der Waals surface area (Å²) in [6, 6.07) is 9.59. The second kappa shape index (κ2) is 9.99. The van der Waals surface area contributed by atoms with E-state index in [1.807, 2.05) is 0 Å². The second-order valence-electron chi connectivity index (χ2n) is 6.10. The van der Waals surface area contributed by atoms with Crippen molar-refractivity contribution in [1.82, 2.24) is 5.32 Å². The molecule has 114 valence electrons. The molecule has 0 spiro atoms. The average molecular weight is 275 g/mol. The third-order valence-corrected chi connectivity index (χ3v) is 4.22. The predicted molar refractivity (Wildman–Crippen MR) is 90.3 cm³/mol. The van der Waals surface area contributed by atoms with Crippen molar-refractivity contribution >= 4 is 0 Å². The molecule has 0 radical (unpaired) electrons. The maximum Gasteiger partial charge on any atom is 0.0110 e. The van der Waals surface area contributed by atoms with Crippen LogP contribution in [0.1, 0.15) is 64.0 Å². The molecule has 1 aromatic rings. The van der Waals surface area contributed by atoms with Gasteiger partial charge in [0.15, 0.2) is 0 Å². The van der Waals surface area contributed by atoms with Crippen LogP contribution in [0.4, 0.5) is 0 Å². The van der Waals surface area contributed by atoms with E-state index in [0.29, 0.717) is 6.04 Å². The molecule has 0 aliphatic rings.